The van der Waals surface area contributed by atoms with Crippen LogP contribution in [0.4, 0.5) is 4.79 Å². The molecule has 0 aromatic carbocycles. The van der Waals surface area contributed by atoms with Crippen LogP contribution in [0.3, 0.4) is 0 Å². The molecule has 5 nitrogen and oxygen atoms in total. The van der Waals surface area contributed by atoms with E-state index in [2.05, 4.69) is 10.6 Å². The Kier molecular flexibility index (Phi) is 5.44. The van der Waals surface area contributed by atoms with E-state index in [0.29, 0.717) is 13.0 Å². The molecule has 0 aromatic heterocycles. The number of nitrogens with one attached hydrogen (secondary N) is 2. The highest BCUT2D eigenvalue weighted by molar-refractivity contribution is 5.74. The molecular weight excluding hydrogens is 256 g/mol. The second-order valence-electron chi connectivity index (χ2n) is 7.22. The highest BCUT2D eigenvalue weighted by Gasteiger charge is 2.46. The molecule has 2 amide bonds. The summed E-state index contributed by atoms with van der Waals surface area (Å²) in [5.41, 5.74) is -0.576. The van der Waals surface area contributed by atoms with Gasteiger partial charge in [-0.05, 0) is 46.5 Å². The van der Waals surface area contributed by atoms with Crippen molar-refractivity contribution in [3.63, 3.8) is 0 Å². The fourth-order valence-electron chi connectivity index (χ4n) is 2.66. The summed E-state index contributed by atoms with van der Waals surface area (Å²) in [4.78, 5) is 11.9. The lowest BCUT2D eigenvalue weighted by atomic mass is 9.95. The lowest BCUT2D eigenvalue weighted by Gasteiger charge is -2.27. The zero-order valence-electron chi connectivity index (χ0n) is 13.6. The Hall–Kier alpha value is -0.810. The molecule has 0 aromatic rings. The molecule has 1 aliphatic rings. The van der Waals surface area contributed by atoms with Crippen LogP contribution in [0.25, 0.3) is 0 Å². The van der Waals surface area contributed by atoms with E-state index in [-0.39, 0.29) is 35.3 Å². The van der Waals surface area contributed by atoms with Gasteiger partial charge in [-0.3, -0.25) is 0 Å². The number of carbonyl (C=O) groups is 1. The molecule has 0 bridgehead atoms. The summed E-state index contributed by atoms with van der Waals surface area (Å²) >= 11 is 0. The van der Waals surface area contributed by atoms with Gasteiger partial charge in [0, 0.05) is 6.54 Å². The third-order valence-electron chi connectivity index (χ3n) is 3.87. The van der Waals surface area contributed by atoms with Crippen molar-refractivity contribution in [3.05, 3.63) is 0 Å². The van der Waals surface area contributed by atoms with E-state index in [4.69, 9.17) is 4.74 Å². The first kappa shape index (κ1) is 17.2. The zero-order chi connectivity index (χ0) is 15.6. The Morgan fingerprint density at radius 2 is 1.95 bits per heavy atom. The van der Waals surface area contributed by atoms with E-state index in [0.717, 1.165) is 6.42 Å². The predicted molar refractivity (Wildman–Crippen MR) is 79.6 cm³/mol. The van der Waals surface area contributed by atoms with Crippen LogP contribution < -0.4 is 10.6 Å². The molecule has 0 saturated carbocycles. The van der Waals surface area contributed by atoms with Crippen LogP contribution in [-0.4, -0.2) is 41.0 Å². The quantitative estimate of drug-likeness (QED) is 0.724. The number of urea groups is 1. The van der Waals surface area contributed by atoms with Crippen LogP contribution in [-0.2, 0) is 4.74 Å². The number of rotatable bonds is 5. The third kappa shape index (κ3) is 4.94. The van der Waals surface area contributed by atoms with E-state index in [1.165, 1.54) is 0 Å². The molecule has 3 N–H and O–H groups in total. The average molecular weight is 286 g/mol. The van der Waals surface area contributed by atoms with Crippen molar-refractivity contribution in [2.75, 3.05) is 6.54 Å². The summed E-state index contributed by atoms with van der Waals surface area (Å²) in [5, 5.41) is 15.4. The molecule has 20 heavy (non-hydrogen) atoms. The predicted octanol–water partition coefficient (Wildman–Crippen LogP) is 2.04. The van der Waals surface area contributed by atoms with Gasteiger partial charge in [-0.25, -0.2) is 4.79 Å². The van der Waals surface area contributed by atoms with Gasteiger partial charge < -0.3 is 20.5 Å². The Morgan fingerprint density at radius 3 is 2.40 bits per heavy atom. The number of hydrogen-bond acceptors (Lipinski definition) is 3. The number of carbonyl (C=O) groups excluding carboxylic acids is 1. The van der Waals surface area contributed by atoms with Gasteiger partial charge in [-0.2, -0.15) is 0 Å². The first-order valence-corrected chi connectivity index (χ1v) is 7.46. The summed E-state index contributed by atoms with van der Waals surface area (Å²) in [6.07, 6.45) is 0.990. The molecule has 2 atom stereocenters. The molecule has 0 aliphatic carbocycles. The number of amides is 2. The monoisotopic (exact) mass is 286 g/mol. The van der Waals surface area contributed by atoms with E-state index >= 15 is 0 Å². The molecule has 0 spiro atoms. The van der Waals surface area contributed by atoms with Crippen LogP contribution in [0, 0.1) is 5.92 Å². The fraction of sp³-hybridized carbons (Fsp3) is 0.933. The summed E-state index contributed by atoms with van der Waals surface area (Å²) in [6, 6.07) is -0.201. The molecule has 118 valence electrons. The largest absolute Gasteiger partial charge is 0.393 e. The minimum atomic E-state index is -0.375. The maximum absolute atomic E-state index is 11.9. The van der Waals surface area contributed by atoms with Gasteiger partial charge in [0.15, 0.2) is 0 Å². The first-order chi connectivity index (χ1) is 9.03. The smallest absolute Gasteiger partial charge is 0.315 e. The molecule has 0 radical (unpaired) electrons. The molecule has 1 rings (SSSR count). The van der Waals surface area contributed by atoms with Crippen molar-refractivity contribution >= 4 is 6.03 Å². The van der Waals surface area contributed by atoms with Crippen LogP contribution in [0.1, 0.15) is 54.4 Å². The fourth-order valence-corrected chi connectivity index (χ4v) is 2.66. The summed E-state index contributed by atoms with van der Waals surface area (Å²) < 4.78 is 5.94. The first-order valence-electron chi connectivity index (χ1n) is 7.46. The van der Waals surface area contributed by atoms with Gasteiger partial charge in [0.25, 0.3) is 0 Å². The van der Waals surface area contributed by atoms with Crippen molar-refractivity contribution < 1.29 is 14.6 Å². The molecule has 1 fully saturated rings. The number of ether oxygens (including phenoxy) is 1. The van der Waals surface area contributed by atoms with Gasteiger partial charge in [-0.1, -0.05) is 13.8 Å². The lowest BCUT2D eigenvalue weighted by molar-refractivity contribution is -0.0690. The summed E-state index contributed by atoms with van der Waals surface area (Å²) in [5.74, 6) is 0.211. The molecule has 2 unspecified atom stereocenters. The summed E-state index contributed by atoms with van der Waals surface area (Å²) in [6.45, 7) is 12.5. The Bertz CT molecular complexity index is 340. The van der Waals surface area contributed by atoms with Gasteiger partial charge >= 0.3 is 6.03 Å². The minimum absolute atomic E-state index is 0.00692. The minimum Gasteiger partial charge on any atom is -0.393 e. The van der Waals surface area contributed by atoms with Crippen molar-refractivity contribution in [1.82, 2.24) is 10.6 Å². The Morgan fingerprint density at radius 1 is 1.35 bits per heavy atom. The molecule has 1 aliphatic heterocycles. The second kappa shape index (κ2) is 6.31. The van der Waals surface area contributed by atoms with Crippen molar-refractivity contribution in [1.29, 1.82) is 0 Å². The van der Waals surface area contributed by atoms with Crippen LogP contribution in [0.5, 0.6) is 0 Å². The maximum atomic E-state index is 11.9. The molecule has 1 saturated heterocycles. The topological polar surface area (TPSA) is 70.6 Å². The number of hydrogen-bond donors (Lipinski definition) is 3. The Balaban J connectivity index is 2.36. The number of aliphatic hydroxyl groups excluding tert-OH is 1. The number of aliphatic hydroxyl groups is 1. The average Bonchev–Trinajstić information content (AvgIpc) is 2.45. The second-order valence-corrected chi connectivity index (χ2v) is 7.22. The highest BCUT2D eigenvalue weighted by atomic mass is 16.5. The van der Waals surface area contributed by atoms with Gasteiger partial charge in [0.05, 0.1) is 23.3 Å². The summed E-state index contributed by atoms with van der Waals surface area (Å²) in [7, 11) is 0. The van der Waals surface area contributed by atoms with Crippen molar-refractivity contribution in [2.24, 2.45) is 5.92 Å². The van der Waals surface area contributed by atoms with Crippen molar-refractivity contribution in [3.8, 4) is 0 Å². The van der Waals surface area contributed by atoms with E-state index < -0.39 is 0 Å². The van der Waals surface area contributed by atoms with Gasteiger partial charge in [-0.15, -0.1) is 0 Å². The zero-order valence-corrected chi connectivity index (χ0v) is 13.6. The van der Waals surface area contributed by atoms with Crippen LogP contribution >= 0.6 is 0 Å². The van der Waals surface area contributed by atoms with Gasteiger partial charge in [0.1, 0.15) is 0 Å². The molecule has 5 heteroatoms. The van der Waals surface area contributed by atoms with Crippen LogP contribution in [0.15, 0.2) is 0 Å². The Labute approximate surface area is 122 Å². The van der Waals surface area contributed by atoms with E-state index in [1.54, 1.807) is 0 Å². The van der Waals surface area contributed by atoms with Crippen LogP contribution in [0.2, 0.25) is 0 Å². The van der Waals surface area contributed by atoms with Crippen molar-refractivity contribution in [2.45, 2.75) is 77.7 Å². The third-order valence-corrected chi connectivity index (χ3v) is 3.87. The SMILES string of the molecule is CC(C)C(O)CCNC(=O)NC1CC(C)(C)OC1(C)C. The lowest BCUT2D eigenvalue weighted by Crippen LogP contribution is -2.50. The highest BCUT2D eigenvalue weighted by Crippen LogP contribution is 2.37. The molecule has 1 heterocycles. The van der Waals surface area contributed by atoms with Gasteiger partial charge in [0.2, 0.25) is 0 Å². The van der Waals surface area contributed by atoms with E-state index in [9.17, 15) is 9.90 Å². The normalized spacial score (nSPS) is 25.5. The molecular formula is C15H30N2O3. The maximum Gasteiger partial charge on any atom is 0.315 e. The standard InChI is InChI=1S/C15H30N2O3/c1-10(2)11(18)7-8-16-13(19)17-12-9-14(3,4)20-15(12,5)6/h10-12,18H,7-9H2,1-6H3,(H2,16,17,19). The van der Waals surface area contributed by atoms with E-state index in [1.807, 2.05) is 41.5 Å².